The van der Waals surface area contributed by atoms with Crippen LogP contribution in [0.15, 0.2) is 28.7 Å². The summed E-state index contributed by atoms with van der Waals surface area (Å²) in [5.74, 6) is -0.238. The third kappa shape index (κ3) is 5.91. The Morgan fingerprint density at radius 1 is 1.21 bits per heavy atom. The van der Waals surface area contributed by atoms with Gasteiger partial charge in [-0.2, -0.15) is 0 Å². The predicted octanol–water partition coefficient (Wildman–Crippen LogP) is 2.01. The van der Waals surface area contributed by atoms with E-state index in [-0.39, 0.29) is 24.0 Å². The van der Waals surface area contributed by atoms with Crippen molar-refractivity contribution in [1.82, 2.24) is 10.6 Å². The third-order valence-electron chi connectivity index (χ3n) is 4.71. The minimum Gasteiger partial charge on any atom is -0.335 e. The predicted molar refractivity (Wildman–Crippen MR) is 97.7 cm³/mol. The molecule has 0 saturated heterocycles. The SMILES string of the molecule is C[C@H](C(=O)NC(=O)NC1CCCCC1)[NH+](C)Cc1ccc(Br)cc1. The number of benzene rings is 1. The Balaban J connectivity index is 1.79. The highest BCUT2D eigenvalue weighted by Crippen LogP contribution is 2.17. The van der Waals surface area contributed by atoms with E-state index in [4.69, 9.17) is 0 Å². The van der Waals surface area contributed by atoms with E-state index >= 15 is 0 Å². The maximum Gasteiger partial charge on any atom is 0.321 e. The first-order valence-corrected chi connectivity index (χ1v) is 9.43. The number of quaternary nitrogens is 1. The van der Waals surface area contributed by atoms with Crippen LogP contribution in [0.4, 0.5) is 4.79 Å². The molecule has 0 bridgehead atoms. The number of halogens is 1. The van der Waals surface area contributed by atoms with Crippen molar-refractivity contribution >= 4 is 27.9 Å². The van der Waals surface area contributed by atoms with Crippen LogP contribution in [0.25, 0.3) is 0 Å². The molecule has 3 N–H and O–H groups in total. The maximum atomic E-state index is 12.3. The fourth-order valence-electron chi connectivity index (χ4n) is 2.99. The molecule has 1 aliphatic rings. The second-order valence-electron chi connectivity index (χ2n) is 6.67. The van der Waals surface area contributed by atoms with Gasteiger partial charge in [0.2, 0.25) is 0 Å². The van der Waals surface area contributed by atoms with Crippen LogP contribution in [0.3, 0.4) is 0 Å². The summed E-state index contributed by atoms with van der Waals surface area (Å²) in [5.41, 5.74) is 1.15. The van der Waals surface area contributed by atoms with Gasteiger partial charge in [-0.1, -0.05) is 47.3 Å². The largest absolute Gasteiger partial charge is 0.335 e. The summed E-state index contributed by atoms with van der Waals surface area (Å²) < 4.78 is 1.04. The average molecular weight is 397 g/mol. The topological polar surface area (TPSA) is 62.6 Å². The lowest BCUT2D eigenvalue weighted by molar-refractivity contribution is -0.908. The van der Waals surface area contributed by atoms with Crippen molar-refractivity contribution in [2.75, 3.05) is 7.05 Å². The number of carbonyl (C=O) groups excluding carboxylic acids is 2. The highest BCUT2D eigenvalue weighted by atomic mass is 79.9. The molecule has 0 radical (unpaired) electrons. The van der Waals surface area contributed by atoms with Gasteiger partial charge in [0.05, 0.1) is 7.05 Å². The van der Waals surface area contributed by atoms with Crippen molar-refractivity contribution in [3.05, 3.63) is 34.3 Å². The number of likely N-dealkylation sites (N-methyl/N-ethyl adjacent to an activating group) is 1. The molecule has 0 aliphatic heterocycles. The molecular formula is C18H27BrN3O2+. The monoisotopic (exact) mass is 396 g/mol. The molecule has 0 spiro atoms. The number of hydrogen-bond acceptors (Lipinski definition) is 2. The first-order valence-electron chi connectivity index (χ1n) is 8.64. The van der Waals surface area contributed by atoms with Crippen LogP contribution < -0.4 is 15.5 Å². The lowest BCUT2D eigenvalue weighted by Gasteiger charge is -2.24. The van der Waals surface area contributed by atoms with Crippen LogP contribution in [-0.4, -0.2) is 31.1 Å². The van der Waals surface area contributed by atoms with Gasteiger partial charge < -0.3 is 10.2 Å². The number of carbonyl (C=O) groups is 2. The van der Waals surface area contributed by atoms with Crippen LogP contribution >= 0.6 is 15.9 Å². The minimum atomic E-state index is -0.366. The Kier molecular flexibility index (Phi) is 7.24. The average Bonchev–Trinajstić information content (AvgIpc) is 2.57. The number of nitrogens with one attached hydrogen (secondary N) is 3. The molecule has 2 atom stereocenters. The Labute approximate surface area is 152 Å². The second kappa shape index (κ2) is 9.18. The normalized spacial score (nSPS) is 17.8. The molecule has 1 saturated carbocycles. The molecule has 1 aromatic carbocycles. The van der Waals surface area contributed by atoms with Crippen molar-refractivity contribution in [1.29, 1.82) is 0 Å². The second-order valence-corrected chi connectivity index (χ2v) is 7.58. The van der Waals surface area contributed by atoms with E-state index in [9.17, 15) is 9.59 Å². The zero-order chi connectivity index (χ0) is 17.5. The number of rotatable bonds is 5. The van der Waals surface area contributed by atoms with Gasteiger partial charge in [-0.15, -0.1) is 0 Å². The zero-order valence-corrected chi connectivity index (χ0v) is 16.0. The first-order chi connectivity index (χ1) is 11.5. The molecule has 2 rings (SSSR count). The van der Waals surface area contributed by atoms with E-state index in [0.29, 0.717) is 0 Å². The Morgan fingerprint density at radius 3 is 2.46 bits per heavy atom. The number of imide groups is 1. The van der Waals surface area contributed by atoms with Gasteiger partial charge in [-0.05, 0) is 31.9 Å². The molecule has 6 heteroatoms. The van der Waals surface area contributed by atoms with E-state index in [1.54, 1.807) is 0 Å². The molecule has 1 unspecified atom stereocenters. The van der Waals surface area contributed by atoms with E-state index in [2.05, 4.69) is 26.6 Å². The molecular weight excluding hydrogens is 370 g/mol. The van der Waals surface area contributed by atoms with Crippen molar-refractivity contribution < 1.29 is 14.5 Å². The van der Waals surface area contributed by atoms with Crippen LogP contribution in [0.2, 0.25) is 0 Å². The van der Waals surface area contributed by atoms with Gasteiger partial charge in [-0.3, -0.25) is 10.1 Å². The highest BCUT2D eigenvalue weighted by molar-refractivity contribution is 9.10. The van der Waals surface area contributed by atoms with Gasteiger partial charge in [0.25, 0.3) is 5.91 Å². The van der Waals surface area contributed by atoms with E-state index < -0.39 is 0 Å². The lowest BCUT2D eigenvalue weighted by Crippen LogP contribution is -3.12. The fraction of sp³-hybridized carbons (Fsp3) is 0.556. The number of hydrogen-bond donors (Lipinski definition) is 3. The highest BCUT2D eigenvalue weighted by Gasteiger charge is 2.25. The molecule has 0 heterocycles. The smallest absolute Gasteiger partial charge is 0.321 e. The van der Waals surface area contributed by atoms with Crippen molar-refractivity contribution in [2.24, 2.45) is 0 Å². The summed E-state index contributed by atoms with van der Waals surface area (Å²) >= 11 is 3.42. The summed E-state index contributed by atoms with van der Waals surface area (Å²) in [4.78, 5) is 25.3. The standard InChI is InChI=1S/C18H26BrN3O2/c1-13(22(2)12-14-8-10-15(19)11-9-14)17(23)21-18(24)20-16-6-4-3-5-7-16/h8-11,13,16H,3-7,12H2,1-2H3,(H2,20,21,23,24)/p+1/t13-/m1/s1. The van der Waals surface area contributed by atoms with E-state index in [1.807, 2.05) is 38.2 Å². The molecule has 1 aromatic rings. The van der Waals surface area contributed by atoms with Crippen LogP contribution in [-0.2, 0) is 11.3 Å². The third-order valence-corrected chi connectivity index (χ3v) is 5.23. The van der Waals surface area contributed by atoms with Crippen molar-refractivity contribution in [2.45, 2.75) is 57.7 Å². The number of amides is 3. The van der Waals surface area contributed by atoms with Crippen LogP contribution in [0.1, 0.15) is 44.6 Å². The molecule has 24 heavy (non-hydrogen) atoms. The summed E-state index contributed by atoms with van der Waals surface area (Å²) in [7, 11) is 1.96. The maximum absolute atomic E-state index is 12.3. The van der Waals surface area contributed by atoms with Crippen molar-refractivity contribution in [3.8, 4) is 0 Å². The van der Waals surface area contributed by atoms with Gasteiger partial charge in [-0.25, -0.2) is 4.79 Å². The molecule has 0 aromatic heterocycles. The Hall–Kier alpha value is -1.40. The lowest BCUT2D eigenvalue weighted by atomic mass is 9.96. The molecule has 132 valence electrons. The molecule has 3 amide bonds. The molecule has 5 nitrogen and oxygen atoms in total. The Morgan fingerprint density at radius 2 is 1.83 bits per heavy atom. The van der Waals surface area contributed by atoms with Crippen LogP contribution in [0, 0.1) is 0 Å². The quantitative estimate of drug-likeness (QED) is 0.712. The molecule has 1 aliphatic carbocycles. The summed E-state index contributed by atoms with van der Waals surface area (Å²) in [6, 6.07) is 7.59. The first kappa shape index (κ1) is 18.9. The fourth-order valence-corrected chi connectivity index (χ4v) is 3.25. The summed E-state index contributed by atoms with van der Waals surface area (Å²) in [6.45, 7) is 2.57. The summed E-state index contributed by atoms with van der Waals surface area (Å²) in [6.07, 6.45) is 5.54. The van der Waals surface area contributed by atoms with Crippen molar-refractivity contribution in [3.63, 3.8) is 0 Å². The van der Waals surface area contributed by atoms with E-state index in [0.717, 1.165) is 47.2 Å². The van der Waals surface area contributed by atoms with Gasteiger partial charge in [0.1, 0.15) is 6.54 Å². The minimum absolute atomic E-state index is 0.203. The van der Waals surface area contributed by atoms with Gasteiger partial charge in [0.15, 0.2) is 6.04 Å². The van der Waals surface area contributed by atoms with Gasteiger partial charge in [0, 0.05) is 16.1 Å². The van der Waals surface area contributed by atoms with Crippen LogP contribution in [0.5, 0.6) is 0 Å². The van der Waals surface area contributed by atoms with Gasteiger partial charge >= 0.3 is 6.03 Å². The number of urea groups is 1. The Bertz CT molecular complexity index is 556. The zero-order valence-electron chi connectivity index (χ0n) is 14.4. The van der Waals surface area contributed by atoms with E-state index in [1.165, 1.54) is 6.42 Å². The summed E-state index contributed by atoms with van der Waals surface area (Å²) in [5, 5.41) is 5.40. The molecule has 1 fully saturated rings.